The first-order valence-corrected chi connectivity index (χ1v) is 7.42. The molecule has 6 nitrogen and oxygen atoms in total. The van der Waals surface area contributed by atoms with Gasteiger partial charge in [-0.1, -0.05) is 44.2 Å². The summed E-state index contributed by atoms with van der Waals surface area (Å²) in [5.41, 5.74) is 2.05. The maximum atomic E-state index is 12.0. The Labute approximate surface area is 135 Å². The number of nitrogens with one attached hydrogen (secondary N) is 2. The van der Waals surface area contributed by atoms with E-state index in [1.54, 1.807) is 0 Å². The Morgan fingerprint density at radius 2 is 1.83 bits per heavy atom. The minimum atomic E-state index is -0.687. The molecule has 122 valence electrons. The number of carbonyl (C=O) groups is 2. The lowest BCUT2D eigenvalue weighted by Gasteiger charge is -2.20. The number of fused-ring (bicyclic) bond motifs is 1. The maximum Gasteiger partial charge on any atom is 0.258 e. The van der Waals surface area contributed by atoms with Crippen LogP contribution in [0.2, 0.25) is 0 Å². The van der Waals surface area contributed by atoms with E-state index in [1.165, 1.54) is 0 Å². The molecule has 2 rings (SSSR count). The largest absolute Gasteiger partial charge is 0.484 e. The smallest absolute Gasteiger partial charge is 0.258 e. The number of ether oxygens (including phenoxy) is 1. The van der Waals surface area contributed by atoms with Crippen molar-refractivity contribution >= 4 is 22.6 Å². The Morgan fingerprint density at radius 3 is 2.48 bits per heavy atom. The van der Waals surface area contributed by atoms with Gasteiger partial charge in [0.1, 0.15) is 11.8 Å². The number of hydrogen-bond acceptors (Lipinski definition) is 4. The third-order valence-electron chi connectivity index (χ3n) is 3.50. The summed E-state index contributed by atoms with van der Waals surface area (Å²) in [6.45, 7) is 3.48. The Hall–Kier alpha value is -2.60. The molecule has 23 heavy (non-hydrogen) atoms. The van der Waals surface area contributed by atoms with E-state index >= 15 is 0 Å². The molecule has 0 fully saturated rings. The van der Waals surface area contributed by atoms with Gasteiger partial charge in [0.15, 0.2) is 6.61 Å². The summed E-state index contributed by atoms with van der Waals surface area (Å²) >= 11 is 0. The summed E-state index contributed by atoms with van der Waals surface area (Å²) in [5, 5.41) is 4.75. The van der Waals surface area contributed by atoms with Gasteiger partial charge in [-0.3, -0.25) is 15.0 Å². The normalized spacial score (nSPS) is 12.0. The predicted molar refractivity (Wildman–Crippen MR) is 88.5 cm³/mol. The molecule has 2 amide bonds. The van der Waals surface area contributed by atoms with Crippen molar-refractivity contribution in [1.82, 2.24) is 10.7 Å². The predicted octanol–water partition coefficient (Wildman–Crippen LogP) is 1.35. The number of rotatable bonds is 6. The van der Waals surface area contributed by atoms with Crippen LogP contribution in [0.4, 0.5) is 0 Å². The standard InChI is InChI=1S/C17H21N3O3/c1-11(2)16(17(22)20-18)19-15(21)10-23-14-8-7-12-5-3-4-6-13(12)9-14/h3-9,11,16H,10,18H2,1-2H3,(H,19,21)(H,20,22). The zero-order chi connectivity index (χ0) is 16.8. The van der Waals surface area contributed by atoms with Gasteiger partial charge in [-0.05, 0) is 28.8 Å². The number of hydrazine groups is 1. The van der Waals surface area contributed by atoms with E-state index in [2.05, 4.69) is 10.7 Å². The first-order chi connectivity index (χ1) is 11.0. The van der Waals surface area contributed by atoms with Gasteiger partial charge < -0.3 is 10.1 Å². The van der Waals surface area contributed by atoms with Crippen molar-refractivity contribution < 1.29 is 14.3 Å². The molecule has 1 unspecified atom stereocenters. The number of amides is 2. The van der Waals surface area contributed by atoms with Crippen LogP contribution in [0.5, 0.6) is 5.75 Å². The highest BCUT2D eigenvalue weighted by molar-refractivity contribution is 5.88. The number of hydrogen-bond donors (Lipinski definition) is 3. The van der Waals surface area contributed by atoms with Crippen LogP contribution in [0.15, 0.2) is 42.5 Å². The van der Waals surface area contributed by atoms with Gasteiger partial charge in [-0.25, -0.2) is 5.84 Å². The van der Waals surface area contributed by atoms with Gasteiger partial charge in [0.2, 0.25) is 0 Å². The van der Waals surface area contributed by atoms with E-state index in [1.807, 2.05) is 56.3 Å². The topological polar surface area (TPSA) is 93.4 Å². The first kappa shape index (κ1) is 16.8. The summed E-state index contributed by atoms with van der Waals surface area (Å²) in [6, 6.07) is 12.8. The average Bonchev–Trinajstić information content (AvgIpc) is 2.56. The highest BCUT2D eigenvalue weighted by Crippen LogP contribution is 2.20. The number of nitrogens with two attached hydrogens (primary N) is 1. The molecular formula is C17H21N3O3. The van der Waals surface area contributed by atoms with Gasteiger partial charge in [0.25, 0.3) is 11.8 Å². The van der Waals surface area contributed by atoms with Crippen LogP contribution >= 0.6 is 0 Å². The van der Waals surface area contributed by atoms with E-state index in [4.69, 9.17) is 10.6 Å². The molecule has 0 saturated carbocycles. The molecule has 0 aromatic heterocycles. The van der Waals surface area contributed by atoms with Crippen LogP contribution in [0, 0.1) is 5.92 Å². The van der Waals surface area contributed by atoms with Crippen LogP contribution in [0.1, 0.15) is 13.8 Å². The Morgan fingerprint density at radius 1 is 1.13 bits per heavy atom. The molecule has 0 heterocycles. The van der Waals surface area contributed by atoms with E-state index < -0.39 is 11.9 Å². The summed E-state index contributed by atoms with van der Waals surface area (Å²) < 4.78 is 5.49. The average molecular weight is 315 g/mol. The minimum absolute atomic E-state index is 0.0804. The summed E-state index contributed by atoms with van der Waals surface area (Å²) in [4.78, 5) is 23.6. The van der Waals surface area contributed by atoms with Crippen LogP contribution in [-0.2, 0) is 9.59 Å². The second-order valence-electron chi connectivity index (χ2n) is 5.60. The SMILES string of the molecule is CC(C)C(NC(=O)COc1ccc2ccccc2c1)C(=O)NN. The van der Waals surface area contributed by atoms with E-state index in [9.17, 15) is 9.59 Å². The van der Waals surface area contributed by atoms with Crippen LogP contribution in [-0.4, -0.2) is 24.5 Å². The lowest BCUT2D eigenvalue weighted by Crippen LogP contribution is -2.52. The molecule has 4 N–H and O–H groups in total. The Balaban J connectivity index is 1.95. The van der Waals surface area contributed by atoms with E-state index in [0.717, 1.165) is 10.8 Å². The number of benzene rings is 2. The molecule has 2 aromatic rings. The molecule has 6 heteroatoms. The fraction of sp³-hybridized carbons (Fsp3) is 0.294. The van der Waals surface area contributed by atoms with Crippen molar-refractivity contribution in [3.63, 3.8) is 0 Å². The van der Waals surface area contributed by atoms with Crippen LogP contribution in [0.3, 0.4) is 0 Å². The van der Waals surface area contributed by atoms with E-state index in [0.29, 0.717) is 5.75 Å². The number of carbonyl (C=O) groups excluding carboxylic acids is 2. The molecule has 1 atom stereocenters. The second kappa shape index (κ2) is 7.60. The molecule has 0 aliphatic rings. The van der Waals surface area contributed by atoms with Gasteiger partial charge in [0, 0.05) is 0 Å². The lowest BCUT2D eigenvalue weighted by atomic mass is 10.0. The van der Waals surface area contributed by atoms with Crippen molar-refractivity contribution in [2.45, 2.75) is 19.9 Å². The summed E-state index contributed by atoms with van der Waals surface area (Å²) in [7, 11) is 0. The summed E-state index contributed by atoms with van der Waals surface area (Å²) in [5.74, 6) is 4.84. The van der Waals surface area contributed by atoms with Gasteiger partial charge >= 0.3 is 0 Å². The molecule has 0 radical (unpaired) electrons. The third kappa shape index (κ3) is 4.43. The van der Waals surface area contributed by atoms with Gasteiger partial charge in [-0.15, -0.1) is 0 Å². The zero-order valence-corrected chi connectivity index (χ0v) is 13.2. The fourth-order valence-corrected chi connectivity index (χ4v) is 2.25. The first-order valence-electron chi connectivity index (χ1n) is 7.42. The van der Waals surface area contributed by atoms with Crippen molar-refractivity contribution in [3.05, 3.63) is 42.5 Å². The Bertz CT molecular complexity index is 700. The van der Waals surface area contributed by atoms with Gasteiger partial charge in [0.05, 0.1) is 0 Å². The minimum Gasteiger partial charge on any atom is -0.484 e. The molecule has 2 aromatic carbocycles. The highest BCUT2D eigenvalue weighted by Gasteiger charge is 2.23. The molecular weight excluding hydrogens is 294 g/mol. The molecule has 0 saturated heterocycles. The molecule has 0 bridgehead atoms. The monoisotopic (exact) mass is 315 g/mol. The van der Waals surface area contributed by atoms with Crippen molar-refractivity contribution in [1.29, 1.82) is 0 Å². The maximum absolute atomic E-state index is 12.0. The zero-order valence-electron chi connectivity index (χ0n) is 13.2. The Kier molecular flexibility index (Phi) is 5.54. The molecule has 0 spiro atoms. The molecule has 0 aliphatic carbocycles. The van der Waals surface area contributed by atoms with Crippen LogP contribution in [0.25, 0.3) is 10.8 Å². The summed E-state index contributed by atoms with van der Waals surface area (Å²) in [6.07, 6.45) is 0. The van der Waals surface area contributed by atoms with Crippen molar-refractivity contribution in [3.8, 4) is 5.75 Å². The van der Waals surface area contributed by atoms with Crippen LogP contribution < -0.4 is 21.3 Å². The quantitative estimate of drug-likeness (QED) is 0.426. The fourth-order valence-electron chi connectivity index (χ4n) is 2.25. The van der Waals surface area contributed by atoms with E-state index in [-0.39, 0.29) is 18.4 Å². The van der Waals surface area contributed by atoms with Crippen molar-refractivity contribution in [2.75, 3.05) is 6.61 Å². The van der Waals surface area contributed by atoms with Gasteiger partial charge in [-0.2, -0.15) is 0 Å². The lowest BCUT2D eigenvalue weighted by molar-refractivity contribution is -0.131. The highest BCUT2D eigenvalue weighted by atomic mass is 16.5. The molecule has 0 aliphatic heterocycles. The second-order valence-corrected chi connectivity index (χ2v) is 5.60. The van der Waals surface area contributed by atoms with Crippen molar-refractivity contribution in [2.24, 2.45) is 11.8 Å². The third-order valence-corrected chi connectivity index (χ3v) is 3.50.